The third-order valence-corrected chi connectivity index (χ3v) is 3.33. The van der Waals surface area contributed by atoms with Crippen LogP contribution < -0.4 is 0 Å². The van der Waals surface area contributed by atoms with Crippen LogP contribution >= 0.6 is 27.5 Å². The summed E-state index contributed by atoms with van der Waals surface area (Å²) < 4.78 is 2.96. The smallest absolute Gasteiger partial charge is 0.165 e. The maximum absolute atomic E-state index is 5.94. The molecule has 1 aromatic heterocycles. The van der Waals surface area contributed by atoms with Crippen LogP contribution in [0.15, 0.2) is 29.0 Å². The minimum Gasteiger partial charge on any atom is -0.308 e. The average Bonchev–Trinajstić information content (AvgIpc) is 2.65. The van der Waals surface area contributed by atoms with Crippen LogP contribution in [0, 0.1) is 0 Å². The van der Waals surface area contributed by atoms with Crippen LogP contribution in [-0.4, -0.2) is 14.8 Å². The summed E-state index contributed by atoms with van der Waals surface area (Å²) in [4.78, 5) is 0. The third-order valence-electron chi connectivity index (χ3n) is 2.44. The first kappa shape index (κ1) is 12.6. The summed E-state index contributed by atoms with van der Waals surface area (Å²) in [6.07, 6.45) is 1.75. The van der Waals surface area contributed by atoms with Crippen molar-refractivity contribution in [1.82, 2.24) is 14.8 Å². The highest BCUT2D eigenvalue weighted by atomic mass is 79.9. The van der Waals surface area contributed by atoms with E-state index in [1.165, 1.54) is 0 Å². The number of benzene rings is 1. The van der Waals surface area contributed by atoms with Gasteiger partial charge in [-0.3, -0.25) is 0 Å². The van der Waals surface area contributed by atoms with Gasteiger partial charge < -0.3 is 4.57 Å². The van der Waals surface area contributed by atoms with Gasteiger partial charge in [-0.05, 0) is 54.9 Å². The van der Waals surface area contributed by atoms with Gasteiger partial charge in [0.1, 0.15) is 6.33 Å². The fourth-order valence-electron chi connectivity index (χ4n) is 1.58. The number of aromatic nitrogens is 3. The lowest BCUT2D eigenvalue weighted by atomic mass is 10.1. The van der Waals surface area contributed by atoms with E-state index in [-0.39, 0.29) is 5.54 Å². The summed E-state index contributed by atoms with van der Waals surface area (Å²) in [5, 5.41) is 8.87. The SMILES string of the molecule is CC(C)(C)n1cnnc1-c1ccc(Cl)cc1Br. The molecule has 0 aliphatic carbocycles. The summed E-state index contributed by atoms with van der Waals surface area (Å²) in [5.41, 5.74) is 0.930. The summed E-state index contributed by atoms with van der Waals surface area (Å²) in [6, 6.07) is 5.65. The Morgan fingerprint density at radius 3 is 2.59 bits per heavy atom. The van der Waals surface area contributed by atoms with Crippen molar-refractivity contribution >= 4 is 27.5 Å². The van der Waals surface area contributed by atoms with Crippen LogP contribution in [0.3, 0.4) is 0 Å². The molecule has 0 aliphatic heterocycles. The van der Waals surface area contributed by atoms with Gasteiger partial charge in [-0.25, -0.2) is 0 Å². The van der Waals surface area contributed by atoms with Crippen molar-refractivity contribution in [3.8, 4) is 11.4 Å². The van der Waals surface area contributed by atoms with Gasteiger partial charge in [0.15, 0.2) is 5.82 Å². The highest BCUT2D eigenvalue weighted by Gasteiger charge is 2.20. The molecule has 1 aromatic carbocycles. The van der Waals surface area contributed by atoms with Crippen molar-refractivity contribution in [2.24, 2.45) is 0 Å². The minimum atomic E-state index is -0.0576. The van der Waals surface area contributed by atoms with Crippen LogP contribution in [0.2, 0.25) is 5.02 Å². The second-order valence-corrected chi connectivity index (χ2v) is 6.11. The predicted octanol–water partition coefficient (Wildman–Crippen LogP) is 4.12. The number of nitrogens with zero attached hydrogens (tertiary/aromatic N) is 3. The fourth-order valence-corrected chi connectivity index (χ4v) is 2.44. The Kier molecular flexibility index (Phi) is 3.27. The number of halogens is 2. The van der Waals surface area contributed by atoms with E-state index < -0.39 is 0 Å². The zero-order valence-electron chi connectivity index (χ0n) is 9.91. The quantitative estimate of drug-likeness (QED) is 0.793. The van der Waals surface area contributed by atoms with Gasteiger partial charge in [-0.1, -0.05) is 11.6 Å². The van der Waals surface area contributed by atoms with Crippen LogP contribution in [0.25, 0.3) is 11.4 Å². The summed E-state index contributed by atoms with van der Waals surface area (Å²) >= 11 is 9.44. The highest BCUT2D eigenvalue weighted by Crippen LogP contribution is 2.31. The molecule has 0 bridgehead atoms. The van der Waals surface area contributed by atoms with Crippen molar-refractivity contribution in [1.29, 1.82) is 0 Å². The lowest BCUT2D eigenvalue weighted by Crippen LogP contribution is -2.21. The van der Waals surface area contributed by atoms with E-state index >= 15 is 0 Å². The Hall–Kier alpha value is -0.870. The topological polar surface area (TPSA) is 30.7 Å². The summed E-state index contributed by atoms with van der Waals surface area (Å²) in [5.74, 6) is 0.834. The molecule has 5 heteroatoms. The van der Waals surface area contributed by atoms with Crippen LogP contribution in [0.1, 0.15) is 20.8 Å². The maximum atomic E-state index is 5.94. The Morgan fingerprint density at radius 1 is 1.29 bits per heavy atom. The van der Waals surface area contributed by atoms with E-state index in [2.05, 4.69) is 46.9 Å². The monoisotopic (exact) mass is 313 g/mol. The zero-order chi connectivity index (χ0) is 12.6. The van der Waals surface area contributed by atoms with E-state index in [0.717, 1.165) is 15.9 Å². The largest absolute Gasteiger partial charge is 0.308 e. The predicted molar refractivity (Wildman–Crippen MR) is 73.2 cm³/mol. The highest BCUT2D eigenvalue weighted by molar-refractivity contribution is 9.10. The molecule has 0 saturated carbocycles. The second-order valence-electron chi connectivity index (χ2n) is 4.82. The van der Waals surface area contributed by atoms with E-state index in [4.69, 9.17) is 11.6 Å². The van der Waals surface area contributed by atoms with Gasteiger partial charge >= 0.3 is 0 Å². The molecular weight excluding hydrogens is 302 g/mol. The van der Waals surface area contributed by atoms with E-state index in [1.807, 2.05) is 22.8 Å². The van der Waals surface area contributed by atoms with Crippen molar-refractivity contribution in [3.05, 3.63) is 34.0 Å². The molecule has 0 unspecified atom stereocenters. The van der Waals surface area contributed by atoms with Crippen LogP contribution in [0.5, 0.6) is 0 Å². The van der Waals surface area contributed by atoms with Crippen molar-refractivity contribution in [2.45, 2.75) is 26.3 Å². The molecule has 17 heavy (non-hydrogen) atoms. The molecule has 2 aromatic rings. The van der Waals surface area contributed by atoms with Gasteiger partial charge in [0.25, 0.3) is 0 Å². The molecule has 3 nitrogen and oxygen atoms in total. The molecule has 0 aliphatic rings. The Labute approximate surface area is 114 Å². The molecule has 0 N–H and O–H groups in total. The lowest BCUT2D eigenvalue weighted by molar-refractivity contribution is 0.399. The van der Waals surface area contributed by atoms with Gasteiger partial charge in [0.2, 0.25) is 0 Å². The van der Waals surface area contributed by atoms with E-state index in [1.54, 1.807) is 6.33 Å². The van der Waals surface area contributed by atoms with Crippen LogP contribution in [-0.2, 0) is 5.54 Å². The molecular formula is C12H13BrClN3. The Bertz CT molecular complexity index is 543. The normalized spacial score (nSPS) is 11.8. The van der Waals surface area contributed by atoms with Crippen molar-refractivity contribution in [3.63, 3.8) is 0 Å². The molecule has 0 amide bonds. The van der Waals surface area contributed by atoms with Gasteiger partial charge in [0.05, 0.1) is 0 Å². The average molecular weight is 315 g/mol. The molecule has 1 heterocycles. The van der Waals surface area contributed by atoms with Gasteiger partial charge in [-0.15, -0.1) is 10.2 Å². The first-order valence-electron chi connectivity index (χ1n) is 5.25. The lowest BCUT2D eigenvalue weighted by Gasteiger charge is -2.22. The number of rotatable bonds is 1. The standard InChI is InChI=1S/C12H13BrClN3/c1-12(2,3)17-7-15-16-11(17)9-5-4-8(14)6-10(9)13/h4-7H,1-3H3. The fraction of sp³-hybridized carbons (Fsp3) is 0.333. The molecule has 0 atom stereocenters. The van der Waals surface area contributed by atoms with E-state index in [9.17, 15) is 0 Å². The summed E-state index contributed by atoms with van der Waals surface area (Å²) in [6.45, 7) is 6.34. The molecule has 0 fully saturated rings. The molecule has 2 rings (SSSR count). The third kappa shape index (κ3) is 2.53. The van der Waals surface area contributed by atoms with Crippen LogP contribution in [0.4, 0.5) is 0 Å². The van der Waals surface area contributed by atoms with Crippen molar-refractivity contribution < 1.29 is 0 Å². The molecule has 0 radical (unpaired) electrons. The first-order chi connectivity index (χ1) is 7.89. The first-order valence-corrected chi connectivity index (χ1v) is 6.42. The summed E-state index contributed by atoms with van der Waals surface area (Å²) in [7, 11) is 0. The Morgan fingerprint density at radius 2 is 2.00 bits per heavy atom. The second kappa shape index (κ2) is 4.42. The molecule has 0 saturated heterocycles. The van der Waals surface area contributed by atoms with E-state index in [0.29, 0.717) is 5.02 Å². The van der Waals surface area contributed by atoms with Gasteiger partial charge in [0, 0.05) is 20.6 Å². The number of hydrogen-bond acceptors (Lipinski definition) is 2. The zero-order valence-corrected chi connectivity index (χ0v) is 12.2. The number of hydrogen-bond donors (Lipinski definition) is 0. The maximum Gasteiger partial charge on any atom is 0.165 e. The minimum absolute atomic E-state index is 0.0576. The van der Waals surface area contributed by atoms with Crippen molar-refractivity contribution in [2.75, 3.05) is 0 Å². The Balaban J connectivity index is 2.58. The molecule has 90 valence electrons. The molecule has 0 spiro atoms. The van der Waals surface area contributed by atoms with Gasteiger partial charge in [-0.2, -0.15) is 0 Å².